The number of carbonyl (C=O) groups is 1. The van der Waals surface area contributed by atoms with Gasteiger partial charge in [-0.05, 0) is 25.8 Å². The fourth-order valence-corrected chi connectivity index (χ4v) is 2.73. The Kier molecular flexibility index (Phi) is 3.66. The van der Waals surface area contributed by atoms with Crippen LogP contribution in [0.5, 0.6) is 0 Å². The molecule has 1 atom stereocenters. The van der Waals surface area contributed by atoms with Crippen LogP contribution in [0.4, 0.5) is 8.78 Å². The van der Waals surface area contributed by atoms with E-state index in [1.54, 1.807) is 11.9 Å². The molecular formula is C12H20F2N2O. The number of carbonyl (C=O) groups excluding carboxylic acids is 1. The molecule has 5 heteroatoms. The zero-order valence-corrected chi connectivity index (χ0v) is 10.2. The topological polar surface area (TPSA) is 32.3 Å². The Morgan fingerprint density at radius 2 is 1.94 bits per heavy atom. The Morgan fingerprint density at radius 1 is 1.29 bits per heavy atom. The molecule has 1 saturated heterocycles. The van der Waals surface area contributed by atoms with Gasteiger partial charge in [0, 0.05) is 38.4 Å². The fourth-order valence-electron chi connectivity index (χ4n) is 2.73. The smallest absolute Gasteiger partial charge is 0.248 e. The summed E-state index contributed by atoms with van der Waals surface area (Å²) < 4.78 is 26.0. The number of halogens is 2. The summed E-state index contributed by atoms with van der Waals surface area (Å²) in [6.07, 6.45) is 1.35. The van der Waals surface area contributed by atoms with Crippen molar-refractivity contribution in [3.05, 3.63) is 0 Å². The van der Waals surface area contributed by atoms with Crippen molar-refractivity contribution in [2.75, 3.05) is 20.1 Å². The molecule has 1 aliphatic carbocycles. The van der Waals surface area contributed by atoms with Crippen LogP contribution < -0.4 is 5.32 Å². The SMILES string of the molecule is CN(C(=O)C1CCC(F)(F)CC1)C1CCNC1. The molecular weight excluding hydrogens is 226 g/mol. The van der Waals surface area contributed by atoms with Crippen molar-refractivity contribution in [3.8, 4) is 0 Å². The molecule has 1 saturated carbocycles. The number of amides is 1. The molecule has 0 aromatic heterocycles. The van der Waals surface area contributed by atoms with Gasteiger partial charge in [-0.15, -0.1) is 0 Å². The van der Waals surface area contributed by atoms with Crippen LogP contribution in [0.25, 0.3) is 0 Å². The van der Waals surface area contributed by atoms with Crippen molar-refractivity contribution in [2.24, 2.45) is 5.92 Å². The van der Waals surface area contributed by atoms with Gasteiger partial charge in [0.25, 0.3) is 0 Å². The van der Waals surface area contributed by atoms with E-state index in [-0.39, 0.29) is 30.7 Å². The molecule has 1 aliphatic heterocycles. The zero-order chi connectivity index (χ0) is 12.5. The van der Waals surface area contributed by atoms with E-state index in [2.05, 4.69) is 5.32 Å². The Hall–Kier alpha value is -0.710. The van der Waals surface area contributed by atoms with Gasteiger partial charge in [-0.25, -0.2) is 8.78 Å². The van der Waals surface area contributed by atoms with Gasteiger partial charge in [-0.2, -0.15) is 0 Å². The minimum atomic E-state index is -2.55. The van der Waals surface area contributed by atoms with E-state index >= 15 is 0 Å². The van der Waals surface area contributed by atoms with Gasteiger partial charge in [0.1, 0.15) is 0 Å². The highest BCUT2D eigenvalue weighted by molar-refractivity contribution is 5.79. The average molecular weight is 246 g/mol. The lowest BCUT2D eigenvalue weighted by Gasteiger charge is -2.32. The third-order valence-corrected chi connectivity index (χ3v) is 4.00. The maximum absolute atomic E-state index is 13.0. The third-order valence-electron chi connectivity index (χ3n) is 4.00. The number of hydrogen-bond donors (Lipinski definition) is 1. The van der Waals surface area contributed by atoms with Gasteiger partial charge in [-0.1, -0.05) is 0 Å². The lowest BCUT2D eigenvalue weighted by Crippen LogP contribution is -2.43. The second kappa shape index (κ2) is 4.88. The number of nitrogens with zero attached hydrogens (tertiary/aromatic N) is 1. The highest BCUT2D eigenvalue weighted by Gasteiger charge is 2.39. The van der Waals surface area contributed by atoms with Crippen LogP contribution in [0, 0.1) is 5.92 Å². The number of hydrogen-bond acceptors (Lipinski definition) is 2. The Bertz CT molecular complexity index is 280. The monoisotopic (exact) mass is 246 g/mol. The summed E-state index contributed by atoms with van der Waals surface area (Å²) in [4.78, 5) is 13.9. The summed E-state index contributed by atoms with van der Waals surface area (Å²) in [7, 11) is 1.80. The predicted octanol–water partition coefficient (Wildman–Crippen LogP) is 1.63. The molecule has 2 fully saturated rings. The molecule has 0 radical (unpaired) electrons. The standard InChI is InChI=1S/C12H20F2N2O/c1-16(10-4-7-15-8-10)11(17)9-2-5-12(13,14)6-3-9/h9-10,15H,2-8H2,1H3. The highest BCUT2D eigenvalue weighted by Crippen LogP contribution is 2.36. The third kappa shape index (κ3) is 2.94. The first-order chi connectivity index (χ1) is 7.99. The summed E-state index contributed by atoms with van der Waals surface area (Å²) in [5.74, 6) is -2.70. The Balaban J connectivity index is 1.87. The molecule has 1 amide bonds. The minimum Gasteiger partial charge on any atom is -0.341 e. The molecule has 2 aliphatic rings. The van der Waals surface area contributed by atoms with Crippen LogP contribution in [0.1, 0.15) is 32.1 Å². The van der Waals surface area contributed by atoms with Crippen molar-refractivity contribution < 1.29 is 13.6 Å². The van der Waals surface area contributed by atoms with Crippen LogP contribution in [0.2, 0.25) is 0 Å². The van der Waals surface area contributed by atoms with Gasteiger partial charge in [0.2, 0.25) is 11.8 Å². The first-order valence-electron chi connectivity index (χ1n) is 6.35. The van der Waals surface area contributed by atoms with Crippen LogP contribution in [-0.2, 0) is 4.79 Å². The van der Waals surface area contributed by atoms with E-state index in [0.717, 1.165) is 19.5 Å². The molecule has 1 heterocycles. The maximum atomic E-state index is 13.0. The van der Waals surface area contributed by atoms with E-state index in [1.807, 2.05) is 0 Å². The Morgan fingerprint density at radius 3 is 2.47 bits per heavy atom. The van der Waals surface area contributed by atoms with Gasteiger partial charge in [0.05, 0.1) is 0 Å². The van der Waals surface area contributed by atoms with Crippen LogP contribution >= 0.6 is 0 Å². The molecule has 3 nitrogen and oxygen atoms in total. The molecule has 0 spiro atoms. The molecule has 0 aromatic carbocycles. The normalized spacial score (nSPS) is 29.2. The number of rotatable bonds is 2. The zero-order valence-electron chi connectivity index (χ0n) is 10.2. The quantitative estimate of drug-likeness (QED) is 0.803. The van der Waals surface area contributed by atoms with Gasteiger partial charge < -0.3 is 10.2 Å². The molecule has 1 unspecified atom stereocenters. The lowest BCUT2D eigenvalue weighted by atomic mass is 9.85. The van der Waals surface area contributed by atoms with E-state index in [9.17, 15) is 13.6 Å². The van der Waals surface area contributed by atoms with E-state index < -0.39 is 5.92 Å². The first kappa shape index (κ1) is 12.7. The second-order valence-corrected chi connectivity index (χ2v) is 5.23. The lowest BCUT2D eigenvalue weighted by molar-refractivity contribution is -0.140. The molecule has 0 bridgehead atoms. The first-order valence-corrected chi connectivity index (χ1v) is 6.35. The van der Waals surface area contributed by atoms with Crippen molar-refractivity contribution >= 4 is 5.91 Å². The van der Waals surface area contributed by atoms with Crippen LogP contribution in [0.15, 0.2) is 0 Å². The van der Waals surface area contributed by atoms with Crippen LogP contribution in [0.3, 0.4) is 0 Å². The Labute approximate surface area is 101 Å². The summed E-state index contributed by atoms with van der Waals surface area (Å²) >= 11 is 0. The molecule has 1 N–H and O–H groups in total. The molecule has 17 heavy (non-hydrogen) atoms. The van der Waals surface area contributed by atoms with Crippen molar-refractivity contribution in [3.63, 3.8) is 0 Å². The summed E-state index contributed by atoms with van der Waals surface area (Å²) in [5, 5.41) is 3.21. The minimum absolute atomic E-state index is 0.0502. The molecule has 0 aromatic rings. The number of nitrogens with one attached hydrogen (secondary N) is 1. The number of likely N-dealkylation sites (N-methyl/N-ethyl adjacent to an activating group) is 1. The summed E-state index contributed by atoms with van der Waals surface area (Å²) in [6, 6.07) is 0.241. The van der Waals surface area contributed by atoms with Crippen molar-refractivity contribution in [1.29, 1.82) is 0 Å². The van der Waals surface area contributed by atoms with E-state index in [1.165, 1.54) is 0 Å². The fraction of sp³-hybridized carbons (Fsp3) is 0.917. The summed E-state index contributed by atoms with van der Waals surface area (Å²) in [6.45, 7) is 1.76. The largest absolute Gasteiger partial charge is 0.341 e. The van der Waals surface area contributed by atoms with Crippen molar-refractivity contribution in [1.82, 2.24) is 10.2 Å². The molecule has 2 rings (SSSR count). The molecule has 98 valence electrons. The van der Waals surface area contributed by atoms with Gasteiger partial charge >= 0.3 is 0 Å². The average Bonchev–Trinajstić information content (AvgIpc) is 2.80. The van der Waals surface area contributed by atoms with E-state index in [4.69, 9.17) is 0 Å². The second-order valence-electron chi connectivity index (χ2n) is 5.23. The van der Waals surface area contributed by atoms with Crippen LogP contribution in [-0.4, -0.2) is 42.9 Å². The van der Waals surface area contributed by atoms with Gasteiger partial charge in [0.15, 0.2) is 0 Å². The van der Waals surface area contributed by atoms with Gasteiger partial charge in [-0.3, -0.25) is 4.79 Å². The summed E-state index contributed by atoms with van der Waals surface area (Å²) in [5.41, 5.74) is 0. The van der Waals surface area contributed by atoms with E-state index in [0.29, 0.717) is 12.8 Å². The maximum Gasteiger partial charge on any atom is 0.248 e. The highest BCUT2D eigenvalue weighted by atomic mass is 19.3. The van der Waals surface area contributed by atoms with Crippen molar-refractivity contribution in [2.45, 2.75) is 44.1 Å². The predicted molar refractivity (Wildman–Crippen MR) is 60.9 cm³/mol. The number of alkyl halides is 2.